The first-order chi connectivity index (χ1) is 50.4. The summed E-state index contributed by atoms with van der Waals surface area (Å²) in [5, 5.41) is 2.13. The Morgan fingerprint density at radius 2 is 0.804 bits per heavy atom. The number of rotatable bonds is 11. The summed E-state index contributed by atoms with van der Waals surface area (Å²) >= 11 is 0. The molecule has 0 saturated carbocycles. The van der Waals surface area contributed by atoms with Crippen LogP contribution in [0.5, 0.6) is 11.5 Å². The fraction of sp³-hybridized carbons (Fsp3) is 0.0323. The number of anilines is 15. The molecule has 4 aliphatic rings. The van der Waals surface area contributed by atoms with E-state index in [4.69, 9.17) is 9.15 Å². The summed E-state index contributed by atoms with van der Waals surface area (Å²) in [7, 11) is 0. The highest BCUT2D eigenvalue weighted by Crippen LogP contribution is 2.54. The van der Waals surface area contributed by atoms with Crippen LogP contribution in [0.15, 0.2) is 344 Å². The van der Waals surface area contributed by atoms with Gasteiger partial charge in [-0.15, -0.1) is 0 Å². The Labute approximate surface area is 594 Å². The lowest BCUT2D eigenvalue weighted by atomic mass is 9.30. The molecular formula is C93H65B2N5O2. The fourth-order valence-corrected chi connectivity index (χ4v) is 17.2. The van der Waals surface area contributed by atoms with Crippen LogP contribution in [-0.2, 0) is 0 Å². The van der Waals surface area contributed by atoms with Gasteiger partial charge in [0.25, 0.3) is 13.4 Å². The molecule has 0 atom stereocenters. The van der Waals surface area contributed by atoms with Gasteiger partial charge >= 0.3 is 0 Å². The monoisotopic (exact) mass is 1310 g/mol. The number of aryl methyl sites for hydroxylation is 3. The van der Waals surface area contributed by atoms with E-state index in [-0.39, 0.29) is 13.4 Å². The quantitative estimate of drug-likeness (QED) is 0.120. The van der Waals surface area contributed by atoms with Crippen molar-refractivity contribution in [3.8, 4) is 33.8 Å². The van der Waals surface area contributed by atoms with Crippen LogP contribution in [0.4, 0.5) is 85.3 Å². The SMILES string of the molecule is Cc1cc(C)c(N(c2ccccc2)c2cc3c4c(c2)N(c2ccccc2)c2cc5c(cc2B4c2ccccc2O3)B2c3ccccc3N(c3ccccc3)c3cc(N(c4ccccc4)c4ccccc4)cc(c32)N5c2ccc(-c3ccccc3)cc2-c2cccc3oc4ccccc4c23)c(C)c1. The lowest BCUT2D eigenvalue weighted by Gasteiger charge is -2.47. The lowest BCUT2D eigenvalue weighted by molar-refractivity contribution is 0.487. The number of para-hydroxylation sites is 8. The second kappa shape index (κ2) is 23.6. The molecule has 20 rings (SSSR count). The zero-order chi connectivity index (χ0) is 67.7. The molecule has 0 radical (unpaired) electrons. The van der Waals surface area contributed by atoms with E-state index >= 15 is 0 Å². The number of hydrogen-bond acceptors (Lipinski definition) is 7. The molecule has 0 spiro atoms. The van der Waals surface area contributed by atoms with Crippen molar-refractivity contribution in [2.24, 2.45) is 0 Å². The molecule has 15 aromatic carbocycles. The van der Waals surface area contributed by atoms with E-state index in [9.17, 15) is 0 Å². The van der Waals surface area contributed by atoms with Gasteiger partial charge in [-0.2, -0.15) is 0 Å². The zero-order valence-corrected chi connectivity index (χ0v) is 56.5. The third-order valence-corrected chi connectivity index (χ3v) is 21.2. The van der Waals surface area contributed by atoms with E-state index in [2.05, 4.69) is 385 Å². The largest absolute Gasteiger partial charge is 0.458 e. The smallest absolute Gasteiger partial charge is 0.256 e. The summed E-state index contributed by atoms with van der Waals surface area (Å²) in [6.07, 6.45) is 0. The van der Waals surface area contributed by atoms with Gasteiger partial charge in [-0.1, -0.05) is 218 Å². The maximum absolute atomic E-state index is 7.43. The third-order valence-electron chi connectivity index (χ3n) is 21.2. The number of hydrogen-bond donors (Lipinski definition) is 0. The molecule has 4 aliphatic heterocycles. The molecule has 0 unspecified atom stereocenters. The molecule has 0 N–H and O–H groups in total. The van der Waals surface area contributed by atoms with E-state index in [1.54, 1.807) is 0 Å². The fourth-order valence-electron chi connectivity index (χ4n) is 17.2. The van der Waals surface area contributed by atoms with Gasteiger partial charge in [-0.05, 0) is 203 Å². The molecule has 0 fully saturated rings. The van der Waals surface area contributed by atoms with Crippen molar-refractivity contribution in [3.05, 3.63) is 356 Å². The van der Waals surface area contributed by atoms with E-state index in [1.807, 2.05) is 0 Å². The van der Waals surface area contributed by atoms with Crippen molar-refractivity contribution >= 4 is 153 Å². The van der Waals surface area contributed by atoms with E-state index in [0.29, 0.717) is 0 Å². The molecular weight excluding hydrogens is 1240 g/mol. The van der Waals surface area contributed by atoms with Crippen molar-refractivity contribution in [1.29, 1.82) is 0 Å². The normalized spacial score (nSPS) is 12.8. The second-order valence-corrected chi connectivity index (χ2v) is 27.3. The molecule has 0 amide bonds. The average Bonchev–Trinajstić information content (AvgIpc) is 0.771. The first-order valence-electron chi connectivity index (χ1n) is 35.2. The topological polar surface area (TPSA) is 38.6 Å². The first-order valence-corrected chi connectivity index (χ1v) is 35.2. The van der Waals surface area contributed by atoms with Crippen LogP contribution >= 0.6 is 0 Å². The highest BCUT2D eigenvalue weighted by atomic mass is 16.5. The maximum Gasteiger partial charge on any atom is 0.256 e. The Balaban J connectivity index is 0.940. The number of benzene rings is 15. The van der Waals surface area contributed by atoms with Crippen LogP contribution in [0, 0.1) is 20.8 Å². The Kier molecular flexibility index (Phi) is 13.7. The average molecular weight is 1310 g/mol. The van der Waals surface area contributed by atoms with E-state index < -0.39 is 0 Å². The minimum Gasteiger partial charge on any atom is -0.458 e. The molecule has 9 heteroatoms. The zero-order valence-electron chi connectivity index (χ0n) is 56.5. The molecule has 480 valence electrons. The van der Waals surface area contributed by atoms with Crippen molar-refractivity contribution < 1.29 is 9.15 Å². The summed E-state index contributed by atoms with van der Waals surface area (Å²) in [5.41, 5.74) is 32.6. The van der Waals surface area contributed by atoms with Crippen LogP contribution in [0.1, 0.15) is 16.7 Å². The Morgan fingerprint density at radius 1 is 0.294 bits per heavy atom. The van der Waals surface area contributed by atoms with E-state index in [1.165, 1.54) is 38.5 Å². The van der Waals surface area contributed by atoms with Gasteiger partial charge in [0, 0.05) is 85.0 Å². The third kappa shape index (κ3) is 9.31. The van der Waals surface area contributed by atoms with Gasteiger partial charge in [0.2, 0.25) is 0 Å². The molecule has 0 aliphatic carbocycles. The summed E-state index contributed by atoms with van der Waals surface area (Å²) in [4.78, 5) is 12.6. The Hall–Kier alpha value is -13.0. The number of fused-ring (bicyclic) bond motifs is 11. The number of furan rings is 1. The van der Waals surface area contributed by atoms with Crippen molar-refractivity contribution in [3.63, 3.8) is 0 Å². The first kappa shape index (κ1) is 59.1. The van der Waals surface area contributed by atoms with Crippen LogP contribution in [-0.4, -0.2) is 13.4 Å². The summed E-state index contributed by atoms with van der Waals surface area (Å²) in [5.74, 6) is 1.67. The molecule has 16 aromatic rings. The van der Waals surface area contributed by atoms with Crippen LogP contribution in [0.3, 0.4) is 0 Å². The van der Waals surface area contributed by atoms with Crippen molar-refractivity contribution in [2.75, 3.05) is 24.5 Å². The van der Waals surface area contributed by atoms with Gasteiger partial charge in [-0.3, -0.25) is 0 Å². The maximum atomic E-state index is 7.43. The number of ether oxygens (including phenoxy) is 1. The molecule has 0 bridgehead atoms. The molecule has 0 saturated heterocycles. The minimum absolute atomic E-state index is 0.239. The van der Waals surface area contributed by atoms with Gasteiger partial charge < -0.3 is 33.7 Å². The predicted molar refractivity (Wildman–Crippen MR) is 428 cm³/mol. The van der Waals surface area contributed by atoms with Crippen LogP contribution in [0.2, 0.25) is 0 Å². The Bertz CT molecular complexity index is 5950. The van der Waals surface area contributed by atoms with E-state index in [0.717, 1.165) is 152 Å². The Morgan fingerprint density at radius 3 is 1.47 bits per heavy atom. The lowest BCUT2D eigenvalue weighted by Crippen LogP contribution is -2.64. The van der Waals surface area contributed by atoms with Crippen molar-refractivity contribution in [1.82, 2.24) is 0 Å². The number of nitrogens with zero attached hydrogens (tertiary/aromatic N) is 5. The minimum atomic E-state index is -0.254. The van der Waals surface area contributed by atoms with Gasteiger partial charge in [0.15, 0.2) is 0 Å². The van der Waals surface area contributed by atoms with Gasteiger partial charge in [0.1, 0.15) is 22.7 Å². The van der Waals surface area contributed by atoms with Gasteiger partial charge in [-0.25, -0.2) is 0 Å². The predicted octanol–water partition coefficient (Wildman–Crippen LogP) is 21.3. The highest BCUT2D eigenvalue weighted by Gasteiger charge is 2.49. The van der Waals surface area contributed by atoms with Crippen LogP contribution in [0.25, 0.3) is 44.2 Å². The molecule has 7 nitrogen and oxygen atoms in total. The van der Waals surface area contributed by atoms with Gasteiger partial charge in [0.05, 0.1) is 22.7 Å². The van der Waals surface area contributed by atoms with Crippen molar-refractivity contribution in [2.45, 2.75) is 20.8 Å². The highest BCUT2D eigenvalue weighted by molar-refractivity contribution is 7.02. The molecule has 1 aromatic heterocycles. The molecule has 102 heavy (non-hydrogen) atoms. The summed E-state index contributed by atoms with van der Waals surface area (Å²) in [6, 6.07) is 125. The van der Waals surface area contributed by atoms with Crippen LogP contribution < -0.4 is 62.0 Å². The standard InChI is InChI=1S/C93H65B2N5O2/c1-60-51-61(2)93(62(3)52-60)97(67-35-16-7-17-36-67)71-56-85-92-89(57-71)102-87-47-27-24-44-76(87)95(92)77-58-78-82(59-81(77)99(85)69-39-20-9-21-40-69)100(79-50-49-64(63-29-10-4-11-30-63)53-74(79)72-42-28-48-88-90(72)73-41-22-26-46-86(73)101-88)84-55-70(96(65-31-12-5-13-32-65)66-33-14-6-15-34-66)54-83-91(84)94(78)75-43-23-25-45-80(75)98(83)68-37-18-8-19-38-68/h4-59H,1-3H3. The summed E-state index contributed by atoms with van der Waals surface area (Å²) < 4.78 is 14.3. The molecule has 5 heterocycles. The summed E-state index contributed by atoms with van der Waals surface area (Å²) in [6.45, 7) is 6.18. The second-order valence-electron chi connectivity index (χ2n) is 27.3.